The second-order valence-electron chi connectivity index (χ2n) is 6.43. The van der Waals surface area contributed by atoms with Crippen molar-refractivity contribution < 1.29 is 9.59 Å². The molecule has 1 N–H and O–H groups in total. The Balaban J connectivity index is 1.73. The Morgan fingerprint density at radius 3 is 2.82 bits per heavy atom. The van der Waals surface area contributed by atoms with Gasteiger partial charge in [-0.25, -0.2) is 9.78 Å². The molecule has 0 saturated heterocycles. The van der Waals surface area contributed by atoms with Gasteiger partial charge in [0.05, 0.1) is 23.1 Å². The third kappa shape index (κ3) is 3.73. The first-order valence-corrected chi connectivity index (χ1v) is 9.28. The number of nitrogens with zero attached hydrogens (tertiary/aromatic N) is 3. The van der Waals surface area contributed by atoms with Gasteiger partial charge in [-0.1, -0.05) is 23.7 Å². The van der Waals surface area contributed by atoms with Gasteiger partial charge in [-0.2, -0.15) is 0 Å². The molecule has 6 nitrogen and oxygen atoms in total. The predicted octanol–water partition coefficient (Wildman–Crippen LogP) is 4.81. The summed E-state index contributed by atoms with van der Waals surface area (Å²) in [5.74, 6) is 0.346. The van der Waals surface area contributed by atoms with Crippen molar-refractivity contribution in [3.8, 4) is 11.3 Å². The molecule has 4 rings (SSSR count). The molecular formula is C21H17ClN4O2. The van der Waals surface area contributed by atoms with Gasteiger partial charge in [0.25, 0.3) is 0 Å². The van der Waals surface area contributed by atoms with E-state index in [9.17, 15) is 9.59 Å². The second kappa shape index (κ2) is 7.78. The molecule has 1 aliphatic rings. The smallest absolute Gasteiger partial charge is 0.306 e. The lowest BCUT2D eigenvalue weighted by Crippen LogP contribution is -2.36. The Morgan fingerprint density at radius 1 is 1.14 bits per heavy atom. The maximum atomic E-state index is 12.9. The van der Waals surface area contributed by atoms with Crippen LogP contribution in [0.1, 0.15) is 23.2 Å². The van der Waals surface area contributed by atoms with Crippen LogP contribution in [0.25, 0.3) is 11.3 Å². The molecule has 140 valence electrons. The number of carbonyl (C=O) groups is 2. The summed E-state index contributed by atoms with van der Waals surface area (Å²) in [4.78, 5) is 35.6. The molecule has 28 heavy (non-hydrogen) atoms. The molecule has 0 unspecified atom stereocenters. The molecule has 0 spiro atoms. The molecule has 0 radical (unpaired) electrons. The number of anilines is 2. The molecule has 0 saturated carbocycles. The van der Waals surface area contributed by atoms with E-state index in [1.807, 2.05) is 12.1 Å². The highest BCUT2D eigenvalue weighted by Crippen LogP contribution is 2.29. The van der Waals surface area contributed by atoms with Crippen molar-refractivity contribution in [3.05, 3.63) is 71.5 Å². The van der Waals surface area contributed by atoms with E-state index in [0.717, 1.165) is 5.56 Å². The molecule has 0 bridgehead atoms. The lowest BCUT2D eigenvalue weighted by molar-refractivity contribution is 0.0983. The highest BCUT2D eigenvalue weighted by Gasteiger charge is 2.27. The van der Waals surface area contributed by atoms with E-state index in [1.54, 1.807) is 48.8 Å². The van der Waals surface area contributed by atoms with Crippen LogP contribution in [0.3, 0.4) is 0 Å². The highest BCUT2D eigenvalue weighted by atomic mass is 35.5. The molecule has 0 fully saturated rings. The number of amides is 2. The van der Waals surface area contributed by atoms with Crippen molar-refractivity contribution in [1.29, 1.82) is 0 Å². The van der Waals surface area contributed by atoms with E-state index < -0.39 is 0 Å². The van der Waals surface area contributed by atoms with Gasteiger partial charge >= 0.3 is 6.03 Å². The SMILES string of the molecule is O=C1CCCN(C(=O)Nc2cccnc2)c2nc(-c3cccc(Cl)c3)ccc21. The normalized spacial score (nSPS) is 13.6. The molecule has 0 atom stereocenters. The van der Waals surface area contributed by atoms with Gasteiger partial charge in [0.1, 0.15) is 5.82 Å². The Hall–Kier alpha value is -3.25. The van der Waals surface area contributed by atoms with Crippen LogP contribution < -0.4 is 10.2 Å². The highest BCUT2D eigenvalue weighted by molar-refractivity contribution is 6.30. The number of halogens is 1. The van der Waals surface area contributed by atoms with Crippen LogP contribution in [-0.2, 0) is 0 Å². The van der Waals surface area contributed by atoms with E-state index in [1.165, 1.54) is 4.90 Å². The number of urea groups is 1. The maximum absolute atomic E-state index is 12.9. The molecule has 0 aliphatic carbocycles. The number of carbonyl (C=O) groups excluding carboxylic acids is 2. The van der Waals surface area contributed by atoms with Gasteiger partial charge in [-0.15, -0.1) is 0 Å². The quantitative estimate of drug-likeness (QED) is 0.678. The zero-order valence-electron chi connectivity index (χ0n) is 14.9. The Labute approximate surface area is 167 Å². The first kappa shape index (κ1) is 18.1. The van der Waals surface area contributed by atoms with Crippen molar-refractivity contribution in [2.75, 3.05) is 16.8 Å². The Morgan fingerprint density at radius 2 is 2.04 bits per heavy atom. The largest absolute Gasteiger partial charge is 0.327 e. The minimum absolute atomic E-state index is 0.0168. The van der Waals surface area contributed by atoms with Crippen LogP contribution in [0, 0.1) is 0 Å². The lowest BCUT2D eigenvalue weighted by atomic mass is 10.1. The fourth-order valence-corrected chi connectivity index (χ4v) is 3.33. The molecule has 3 heterocycles. The number of aromatic nitrogens is 2. The van der Waals surface area contributed by atoms with E-state index in [4.69, 9.17) is 11.6 Å². The standard InChI is InChI=1S/C21H17ClN4O2/c22-15-5-1-4-14(12-15)18-9-8-17-19(27)7-3-11-26(20(17)25-18)21(28)24-16-6-2-10-23-13-16/h1-2,4-6,8-10,12-13H,3,7,11H2,(H,24,28). The number of rotatable bonds is 2. The van der Waals surface area contributed by atoms with Crippen LogP contribution in [0.4, 0.5) is 16.3 Å². The van der Waals surface area contributed by atoms with Crippen LogP contribution in [0.15, 0.2) is 60.9 Å². The summed E-state index contributed by atoms with van der Waals surface area (Å²) >= 11 is 6.09. The summed E-state index contributed by atoms with van der Waals surface area (Å²) < 4.78 is 0. The van der Waals surface area contributed by atoms with E-state index in [2.05, 4.69) is 15.3 Å². The summed E-state index contributed by atoms with van der Waals surface area (Å²) in [5.41, 5.74) is 2.50. The summed E-state index contributed by atoms with van der Waals surface area (Å²) in [6, 6.07) is 14.0. The molecule has 1 aromatic carbocycles. The number of fused-ring (bicyclic) bond motifs is 1. The van der Waals surface area contributed by atoms with Gasteiger partial charge in [0, 0.05) is 29.7 Å². The van der Waals surface area contributed by atoms with Crippen LogP contribution in [-0.4, -0.2) is 28.3 Å². The van der Waals surface area contributed by atoms with Gasteiger partial charge in [-0.3, -0.25) is 14.7 Å². The number of nitrogens with one attached hydrogen (secondary N) is 1. The summed E-state index contributed by atoms with van der Waals surface area (Å²) in [5, 5.41) is 3.41. The number of pyridine rings is 2. The van der Waals surface area contributed by atoms with Gasteiger partial charge in [0.15, 0.2) is 5.78 Å². The van der Waals surface area contributed by atoms with Crippen molar-refractivity contribution in [3.63, 3.8) is 0 Å². The first-order chi connectivity index (χ1) is 13.6. The van der Waals surface area contributed by atoms with E-state index >= 15 is 0 Å². The van der Waals surface area contributed by atoms with Crippen molar-refractivity contribution in [2.24, 2.45) is 0 Å². The van der Waals surface area contributed by atoms with E-state index in [0.29, 0.717) is 47.2 Å². The minimum atomic E-state index is -0.348. The average molecular weight is 393 g/mol. The number of Topliss-reactive ketones (excluding diaryl/α,β-unsaturated/α-hetero) is 1. The fourth-order valence-electron chi connectivity index (χ4n) is 3.14. The lowest BCUT2D eigenvalue weighted by Gasteiger charge is -2.22. The van der Waals surface area contributed by atoms with Crippen LogP contribution in [0.5, 0.6) is 0 Å². The van der Waals surface area contributed by atoms with Gasteiger partial charge in [0.2, 0.25) is 0 Å². The van der Waals surface area contributed by atoms with Crippen molar-refractivity contribution >= 4 is 34.9 Å². The topological polar surface area (TPSA) is 75.2 Å². The Kier molecular flexibility index (Phi) is 5.04. The molecular weight excluding hydrogens is 376 g/mol. The number of hydrogen-bond acceptors (Lipinski definition) is 4. The molecule has 7 heteroatoms. The summed E-state index contributed by atoms with van der Waals surface area (Å²) in [6.07, 6.45) is 4.15. The molecule has 1 aliphatic heterocycles. The van der Waals surface area contributed by atoms with Crippen LogP contribution >= 0.6 is 11.6 Å². The summed E-state index contributed by atoms with van der Waals surface area (Å²) in [7, 11) is 0. The Bertz CT molecular complexity index is 1040. The van der Waals surface area contributed by atoms with Gasteiger partial charge < -0.3 is 5.32 Å². The minimum Gasteiger partial charge on any atom is -0.306 e. The number of benzene rings is 1. The van der Waals surface area contributed by atoms with Crippen molar-refractivity contribution in [1.82, 2.24) is 9.97 Å². The van der Waals surface area contributed by atoms with E-state index in [-0.39, 0.29) is 11.8 Å². The average Bonchev–Trinajstić information content (AvgIpc) is 2.87. The molecule has 2 aromatic heterocycles. The zero-order valence-corrected chi connectivity index (χ0v) is 15.7. The maximum Gasteiger partial charge on any atom is 0.327 e. The summed E-state index contributed by atoms with van der Waals surface area (Å²) in [6.45, 7) is 0.400. The molecule has 3 aromatic rings. The monoisotopic (exact) mass is 392 g/mol. The predicted molar refractivity (Wildman–Crippen MR) is 109 cm³/mol. The number of ketones is 1. The third-order valence-electron chi connectivity index (χ3n) is 4.50. The van der Waals surface area contributed by atoms with Gasteiger partial charge in [-0.05, 0) is 42.8 Å². The number of hydrogen-bond donors (Lipinski definition) is 1. The fraction of sp³-hybridized carbons (Fsp3) is 0.143. The van der Waals surface area contributed by atoms with Crippen LogP contribution in [0.2, 0.25) is 5.02 Å². The first-order valence-electron chi connectivity index (χ1n) is 8.90. The third-order valence-corrected chi connectivity index (χ3v) is 4.73. The zero-order chi connectivity index (χ0) is 19.5. The van der Waals surface area contributed by atoms with Crippen molar-refractivity contribution in [2.45, 2.75) is 12.8 Å². The second-order valence-corrected chi connectivity index (χ2v) is 6.86. The molecule has 2 amide bonds.